The van der Waals surface area contributed by atoms with Gasteiger partial charge in [0.2, 0.25) is 0 Å². The monoisotopic (exact) mass is 248 g/mol. The first-order valence-electron chi connectivity index (χ1n) is 4.59. The maximum absolute atomic E-state index is 11.1. The fourth-order valence-electron chi connectivity index (χ4n) is 1.19. The van der Waals surface area contributed by atoms with Crippen LogP contribution in [0.3, 0.4) is 0 Å². The molecular weight excluding hydrogens is 234 g/mol. The van der Waals surface area contributed by atoms with Crippen molar-refractivity contribution in [2.75, 3.05) is 0 Å². The van der Waals surface area contributed by atoms with Gasteiger partial charge in [0.1, 0.15) is 0 Å². The minimum absolute atomic E-state index is 0.552. The van der Waals surface area contributed by atoms with Crippen molar-refractivity contribution in [3.63, 3.8) is 0 Å². The third-order valence-corrected chi connectivity index (χ3v) is 1.88. The number of hydrogen-bond acceptors (Lipinski definition) is 5. The molecular formula is C9H14NO5S. The predicted octanol–water partition coefficient (Wildman–Crippen LogP) is 1.42. The minimum atomic E-state index is -0.878. The summed E-state index contributed by atoms with van der Waals surface area (Å²) in [7, 11) is 0. The highest BCUT2D eigenvalue weighted by atomic mass is 32.1. The van der Waals surface area contributed by atoms with Crippen molar-refractivity contribution >= 4 is 29.8 Å². The molecule has 0 saturated carbocycles. The van der Waals surface area contributed by atoms with Crippen molar-refractivity contribution in [2.24, 2.45) is 0 Å². The zero-order valence-electron chi connectivity index (χ0n) is 9.55. The van der Waals surface area contributed by atoms with Gasteiger partial charge in [0, 0.05) is 13.8 Å². The topological polar surface area (TPSA) is 72.9 Å². The Kier molecular flexibility index (Phi) is 5.73. The number of carbonyl (C=O) groups excluding carboxylic acids is 3. The lowest BCUT2D eigenvalue weighted by Gasteiger charge is -2.30. The van der Waals surface area contributed by atoms with Crippen LogP contribution in [-0.2, 0) is 19.1 Å². The van der Waals surface area contributed by atoms with Gasteiger partial charge in [0.25, 0.3) is 0 Å². The van der Waals surface area contributed by atoms with Crippen molar-refractivity contribution in [1.82, 2.24) is 4.90 Å². The van der Waals surface area contributed by atoms with E-state index in [1.54, 1.807) is 0 Å². The number of esters is 2. The number of hydrogen-bond donors (Lipinski definition) is 0. The first-order valence-corrected chi connectivity index (χ1v) is 5.00. The highest BCUT2D eigenvalue weighted by Gasteiger charge is 2.27. The summed E-state index contributed by atoms with van der Waals surface area (Å²) >= 11 is 4.46. The third kappa shape index (κ3) is 4.92. The van der Waals surface area contributed by atoms with Crippen molar-refractivity contribution in [3.8, 4) is 0 Å². The lowest BCUT2D eigenvalue weighted by molar-refractivity contribution is -0.168. The van der Waals surface area contributed by atoms with Crippen LogP contribution >= 0.6 is 12.6 Å². The fraction of sp³-hybridized carbons (Fsp3) is 0.667. The normalized spacial score (nSPS) is 13.5. The molecule has 0 spiro atoms. The highest BCUT2D eigenvalue weighted by Crippen LogP contribution is 2.12. The summed E-state index contributed by atoms with van der Waals surface area (Å²) in [4.78, 5) is 33.6. The Morgan fingerprint density at radius 3 is 1.50 bits per heavy atom. The van der Waals surface area contributed by atoms with Gasteiger partial charge in [-0.25, -0.2) is 0 Å². The molecule has 2 unspecified atom stereocenters. The summed E-state index contributed by atoms with van der Waals surface area (Å²) < 4.78 is 9.57. The molecule has 0 bridgehead atoms. The average Bonchev–Trinajstić information content (AvgIpc) is 1.98. The van der Waals surface area contributed by atoms with Crippen molar-refractivity contribution < 1.29 is 23.9 Å². The van der Waals surface area contributed by atoms with Gasteiger partial charge in [-0.3, -0.25) is 19.3 Å². The van der Waals surface area contributed by atoms with E-state index in [0.717, 1.165) is 4.90 Å². The van der Waals surface area contributed by atoms with E-state index in [1.165, 1.54) is 27.7 Å². The van der Waals surface area contributed by atoms with E-state index in [4.69, 9.17) is 9.47 Å². The maximum Gasteiger partial charge on any atom is 0.318 e. The van der Waals surface area contributed by atoms with E-state index in [-0.39, 0.29) is 0 Å². The van der Waals surface area contributed by atoms with Crippen LogP contribution in [0, 0.1) is 0 Å². The molecule has 0 aliphatic rings. The van der Waals surface area contributed by atoms with Crippen LogP contribution in [0.5, 0.6) is 0 Å². The Hall–Kier alpha value is -1.37. The molecule has 0 aromatic rings. The first-order chi connectivity index (χ1) is 7.25. The molecule has 0 aromatic carbocycles. The van der Waals surface area contributed by atoms with E-state index in [9.17, 15) is 14.4 Å². The molecule has 0 rings (SSSR count). The van der Waals surface area contributed by atoms with Crippen LogP contribution in [0.1, 0.15) is 27.7 Å². The molecule has 0 aliphatic carbocycles. The van der Waals surface area contributed by atoms with Gasteiger partial charge in [-0.05, 0) is 26.5 Å². The highest BCUT2D eigenvalue weighted by molar-refractivity contribution is 7.96. The summed E-state index contributed by atoms with van der Waals surface area (Å²) in [5.74, 6) is -1.10. The van der Waals surface area contributed by atoms with Gasteiger partial charge in [-0.1, -0.05) is 0 Å². The molecule has 0 N–H and O–H groups in total. The number of carbonyl (C=O) groups is 3. The quantitative estimate of drug-likeness (QED) is 0.555. The standard InChI is InChI=1S/C9H14NO5S/c1-5(14-7(3)11)10(9(13)16)6(2)15-8(4)12/h5-6H,1-4H3. The van der Waals surface area contributed by atoms with Gasteiger partial charge in [0.15, 0.2) is 12.5 Å². The van der Waals surface area contributed by atoms with Crippen LogP contribution in [0.2, 0.25) is 0 Å². The van der Waals surface area contributed by atoms with Gasteiger partial charge in [0.05, 0.1) is 0 Å². The molecule has 6 nitrogen and oxygen atoms in total. The van der Waals surface area contributed by atoms with Gasteiger partial charge >= 0.3 is 17.2 Å². The lowest BCUT2D eigenvalue weighted by Crippen LogP contribution is -2.45. The second-order valence-corrected chi connectivity index (χ2v) is 3.44. The van der Waals surface area contributed by atoms with Crippen molar-refractivity contribution in [3.05, 3.63) is 0 Å². The molecule has 7 heteroatoms. The molecule has 1 radical (unpaired) electrons. The molecule has 0 fully saturated rings. The van der Waals surface area contributed by atoms with Crippen molar-refractivity contribution in [1.29, 1.82) is 0 Å². The zero-order valence-corrected chi connectivity index (χ0v) is 10.4. The van der Waals surface area contributed by atoms with E-state index in [0.29, 0.717) is 0 Å². The van der Waals surface area contributed by atoms with Gasteiger partial charge in [-0.15, -0.1) is 0 Å². The van der Waals surface area contributed by atoms with E-state index >= 15 is 0 Å². The minimum Gasteiger partial charge on any atom is -0.442 e. The molecule has 2 atom stereocenters. The van der Waals surface area contributed by atoms with E-state index in [2.05, 4.69) is 12.6 Å². The second-order valence-electron chi connectivity index (χ2n) is 3.09. The third-order valence-electron chi connectivity index (χ3n) is 1.67. The SMILES string of the molecule is CC(=O)OC(C)N(C(=O)[S])C(C)OC(C)=O. The predicted molar refractivity (Wildman–Crippen MR) is 57.3 cm³/mol. The lowest BCUT2D eigenvalue weighted by atomic mass is 10.4. The molecule has 0 aromatic heterocycles. The number of nitrogens with zero attached hydrogens (tertiary/aromatic N) is 1. The summed E-state index contributed by atoms with van der Waals surface area (Å²) in [6.45, 7) is 5.34. The number of amides is 1. The molecule has 0 aliphatic heterocycles. The Labute approximate surface area is 99.3 Å². The van der Waals surface area contributed by atoms with E-state index in [1.807, 2.05) is 0 Å². The first kappa shape index (κ1) is 14.6. The Bertz CT molecular complexity index is 272. The van der Waals surface area contributed by atoms with Crippen LogP contribution in [0.15, 0.2) is 0 Å². The molecule has 0 heterocycles. The second kappa shape index (κ2) is 6.26. The van der Waals surface area contributed by atoms with Gasteiger partial charge < -0.3 is 9.47 Å². The zero-order chi connectivity index (χ0) is 12.9. The van der Waals surface area contributed by atoms with Crippen LogP contribution in [0.25, 0.3) is 0 Å². The van der Waals surface area contributed by atoms with Crippen LogP contribution in [-0.4, -0.2) is 34.5 Å². The Morgan fingerprint density at radius 2 is 1.31 bits per heavy atom. The smallest absolute Gasteiger partial charge is 0.318 e. The van der Waals surface area contributed by atoms with E-state index < -0.39 is 29.6 Å². The molecule has 16 heavy (non-hydrogen) atoms. The van der Waals surface area contributed by atoms with Crippen LogP contribution in [0.4, 0.5) is 4.79 Å². The van der Waals surface area contributed by atoms with Crippen LogP contribution < -0.4 is 0 Å². The molecule has 91 valence electrons. The molecule has 1 amide bonds. The fourth-order valence-corrected chi connectivity index (χ4v) is 1.48. The van der Waals surface area contributed by atoms with Gasteiger partial charge in [-0.2, -0.15) is 0 Å². The summed E-state index contributed by atoms with van der Waals surface area (Å²) in [6.07, 6.45) is -1.76. The number of rotatable bonds is 4. The summed E-state index contributed by atoms with van der Waals surface area (Å²) in [6, 6.07) is 0. The Morgan fingerprint density at radius 1 is 1.00 bits per heavy atom. The van der Waals surface area contributed by atoms with Crippen molar-refractivity contribution in [2.45, 2.75) is 40.2 Å². The number of ether oxygens (including phenoxy) is 2. The summed E-state index contributed by atoms with van der Waals surface area (Å²) in [5, 5.41) is -0.762. The summed E-state index contributed by atoms with van der Waals surface area (Å²) in [5.41, 5.74) is 0. The Balaban J connectivity index is 4.65. The maximum atomic E-state index is 11.1. The molecule has 0 saturated heterocycles. The largest absolute Gasteiger partial charge is 0.442 e. The average molecular weight is 248 g/mol.